The molecule has 0 spiro atoms. The van der Waals surface area contributed by atoms with Crippen LogP contribution in [0.25, 0.3) is 21.6 Å². The molecule has 11 nitrogen and oxygen atoms in total. The summed E-state index contributed by atoms with van der Waals surface area (Å²) in [5.74, 6) is -1.39. The maximum absolute atomic E-state index is 12.9. The number of rotatable bonds is 8. The molecule has 1 amide bonds. The highest BCUT2D eigenvalue weighted by molar-refractivity contribution is 6.31. The van der Waals surface area contributed by atoms with E-state index >= 15 is 0 Å². The van der Waals surface area contributed by atoms with Crippen LogP contribution in [-0.2, 0) is 4.79 Å². The van der Waals surface area contributed by atoms with Crippen molar-refractivity contribution in [2.45, 2.75) is 18.9 Å². The van der Waals surface area contributed by atoms with Crippen molar-refractivity contribution in [1.29, 1.82) is 0 Å². The van der Waals surface area contributed by atoms with Gasteiger partial charge in [-0.15, -0.1) is 4.91 Å². The van der Waals surface area contributed by atoms with E-state index in [1.165, 1.54) is 0 Å². The Labute approximate surface area is 191 Å². The molecule has 0 aliphatic carbocycles. The van der Waals surface area contributed by atoms with Crippen LogP contribution in [0.1, 0.15) is 18.9 Å². The van der Waals surface area contributed by atoms with E-state index in [1.807, 2.05) is 0 Å². The number of hydrogen-bond acceptors (Lipinski definition) is 7. The predicted octanol–water partition coefficient (Wildman–Crippen LogP) is 4.20. The van der Waals surface area contributed by atoms with Crippen molar-refractivity contribution >= 4 is 34.8 Å². The standard InChI is InChI=1S/C19H17Cl2N7O4/c20-11-3-4-14(27-9-17(21)23-10-27)12(6-11)13-7-18(30)28(8-16(13)29)15(19(31)25-32)2-1-5-24-26-22/h3-4,6-9,15,23,29H,1-2,5,10H2. The van der Waals surface area contributed by atoms with Crippen molar-refractivity contribution in [2.75, 3.05) is 18.1 Å². The van der Waals surface area contributed by atoms with Gasteiger partial charge in [0.2, 0.25) is 0 Å². The van der Waals surface area contributed by atoms with Crippen LogP contribution in [0.15, 0.2) is 56.9 Å². The molecule has 1 aliphatic rings. The molecule has 13 heteroatoms. The van der Waals surface area contributed by atoms with Gasteiger partial charge in [0, 0.05) is 45.0 Å². The zero-order valence-electron chi connectivity index (χ0n) is 16.5. The summed E-state index contributed by atoms with van der Waals surface area (Å²) in [6.07, 6.45) is 2.99. The third-order valence-electron chi connectivity index (χ3n) is 4.82. The summed E-state index contributed by atoms with van der Waals surface area (Å²) in [5.41, 5.74) is 9.00. The van der Waals surface area contributed by atoms with Crippen molar-refractivity contribution in [3.05, 3.63) is 72.5 Å². The molecular formula is C19H17Cl2N7O4. The van der Waals surface area contributed by atoms with Crippen LogP contribution in [0.4, 0.5) is 5.69 Å². The Kier molecular flexibility index (Phi) is 7.37. The van der Waals surface area contributed by atoms with Gasteiger partial charge >= 0.3 is 5.91 Å². The number of aromatic nitrogens is 1. The maximum Gasteiger partial charge on any atom is 0.309 e. The molecule has 32 heavy (non-hydrogen) atoms. The van der Waals surface area contributed by atoms with Crippen LogP contribution < -0.4 is 15.8 Å². The lowest BCUT2D eigenvalue weighted by atomic mass is 10.0. The van der Waals surface area contributed by atoms with E-state index in [1.54, 1.807) is 29.3 Å². The minimum absolute atomic E-state index is 0.0213. The van der Waals surface area contributed by atoms with Crippen molar-refractivity contribution in [2.24, 2.45) is 10.3 Å². The van der Waals surface area contributed by atoms with E-state index in [2.05, 4.69) is 20.5 Å². The van der Waals surface area contributed by atoms with Crippen LogP contribution in [0, 0.1) is 4.91 Å². The first-order valence-corrected chi connectivity index (χ1v) is 10.1. The molecule has 1 aliphatic heterocycles. The van der Waals surface area contributed by atoms with Crippen molar-refractivity contribution in [3.63, 3.8) is 0 Å². The average Bonchev–Trinajstić information content (AvgIpc) is 3.21. The largest absolute Gasteiger partial charge is 0.506 e. The highest BCUT2D eigenvalue weighted by atomic mass is 35.5. The quantitative estimate of drug-likeness (QED) is 0.145. The van der Waals surface area contributed by atoms with Crippen LogP contribution in [0.2, 0.25) is 5.02 Å². The van der Waals surface area contributed by atoms with Crippen LogP contribution in [0.5, 0.6) is 5.75 Å². The molecule has 0 bridgehead atoms. The smallest absolute Gasteiger partial charge is 0.309 e. The van der Waals surface area contributed by atoms with Gasteiger partial charge in [0.1, 0.15) is 16.9 Å². The Bertz CT molecular complexity index is 1190. The number of nitrogens with zero attached hydrogens (tertiary/aromatic N) is 6. The van der Waals surface area contributed by atoms with Crippen molar-refractivity contribution in [3.8, 4) is 16.9 Å². The third kappa shape index (κ3) is 5.02. The number of nitroso groups, excluding NO2 is 1. The van der Waals surface area contributed by atoms with Crippen LogP contribution >= 0.6 is 23.2 Å². The van der Waals surface area contributed by atoms with Gasteiger partial charge in [-0.25, -0.2) is 0 Å². The lowest BCUT2D eigenvalue weighted by molar-refractivity contribution is -0.121. The summed E-state index contributed by atoms with van der Waals surface area (Å²) in [6.45, 7) is 0.446. The van der Waals surface area contributed by atoms with Crippen molar-refractivity contribution in [1.82, 2.24) is 9.88 Å². The number of carbonyl (C=O) groups excluding carboxylic acids is 1. The molecule has 2 heterocycles. The Hall–Kier alpha value is -3.53. The molecule has 0 saturated carbocycles. The number of anilines is 1. The molecule has 166 valence electrons. The molecule has 2 N–H and O–H groups in total. The van der Waals surface area contributed by atoms with E-state index in [0.717, 1.165) is 16.8 Å². The Morgan fingerprint density at radius 2 is 2.09 bits per heavy atom. The second-order valence-electron chi connectivity index (χ2n) is 6.80. The average molecular weight is 478 g/mol. The van der Waals surface area contributed by atoms with E-state index in [4.69, 9.17) is 28.7 Å². The maximum atomic E-state index is 12.9. The summed E-state index contributed by atoms with van der Waals surface area (Å²) in [7, 11) is 0. The van der Waals surface area contributed by atoms with Gasteiger partial charge in [-0.2, -0.15) is 0 Å². The van der Waals surface area contributed by atoms with E-state index < -0.39 is 17.5 Å². The van der Waals surface area contributed by atoms with Gasteiger partial charge in [-0.05, 0) is 36.6 Å². The molecule has 1 aromatic heterocycles. The van der Waals surface area contributed by atoms with Gasteiger partial charge < -0.3 is 15.3 Å². The number of pyridine rings is 1. The fraction of sp³-hybridized carbons (Fsp3) is 0.263. The van der Waals surface area contributed by atoms with Gasteiger partial charge in [0.25, 0.3) is 5.56 Å². The van der Waals surface area contributed by atoms with Crippen molar-refractivity contribution < 1.29 is 9.90 Å². The fourth-order valence-corrected chi connectivity index (χ4v) is 3.71. The second-order valence-corrected chi connectivity index (χ2v) is 7.65. The zero-order valence-corrected chi connectivity index (χ0v) is 18.0. The number of amides is 1. The number of azide groups is 1. The Morgan fingerprint density at radius 3 is 2.75 bits per heavy atom. The molecule has 0 radical (unpaired) electrons. The molecular weight excluding hydrogens is 461 g/mol. The number of aromatic hydroxyl groups is 1. The van der Waals surface area contributed by atoms with Crippen LogP contribution in [-0.4, -0.2) is 28.8 Å². The molecule has 0 saturated heterocycles. The first-order chi connectivity index (χ1) is 15.3. The highest BCUT2D eigenvalue weighted by Crippen LogP contribution is 2.38. The van der Waals surface area contributed by atoms with E-state index in [0.29, 0.717) is 28.1 Å². The van der Waals surface area contributed by atoms with E-state index in [9.17, 15) is 19.6 Å². The van der Waals surface area contributed by atoms with Gasteiger partial charge in [0.05, 0.1) is 18.6 Å². The summed E-state index contributed by atoms with van der Waals surface area (Å²) >= 11 is 12.1. The van der Waals surface area contributed by atoms with E-state index in [-0.39, 0.29) is 30.7 Å². The van der Waals surface area contributed by atoms with Gasteiger partial charge in [-0.1, -0.05) is 28.3 Å². The number of carbonyl (C=O) groups is 1. The monoisotopic (exact) mass is 477 g/mol. The number of halogens is 2. The minimum atomic E-state index is -1.24. The van der Waals surface area contributed by atoms with Crippen LogP contribution in [0.3, 0.4) is 0 Å². The predicted molar refractivity (Wildman–Crippen MR) is 120 cm³/mol. The van der Waals surface area contributed by atoms with Gasteiger partial charge in [-0.3, -0.25) is 14.2 Å². The number of hydrogen-bond donors (Lipinski definition) is 2. The summed E-state index contributed by atoms with van der Waals surface area (Å²) in [6, 6.07) is 4.88. The lowest BCUT2D eigenvalue weighted by Crippen LogP contribution is -2.28. The Balaban J connectivity index is 2.05. The second kappa shape index (κ2) is 10.2. The lowest BCUT2D eigenvalue weighted by Gasteiger charge is -2.21. The number of nitrogens with one attached hydrogen (secondary N) is 1. The number of benzene rings is 1. The first-order valence-electron chi connectivity index (χ1n) is 9.36. The summed E-state index contributed by atoms with van der Waals surface area (Å²) < 4.78 is 0.942. The zero-order chi connectivity index (χ0) is 23.3. The molecule has 1 unspecified atom stereocenters. The first kappa shape index (κ1) is 23.1. The molecule has 2 aromatic rings. The molecule has 0 fully saturated rings. The van der Waals surface area contributed by atoms with Gasteiger partial charge in [0.15, 0.2) is 0 Å². The summed E-state index contributed by atoms with van der Waals surface area (Å²) in [5, 5.41) is 20.3. The summed E-state index contributed by atoms with van der Waals surface area (Å²) in [4.78, 5) is 40.1. The minimum Gasteiger partial charge on any atom is -0.506 e. The molecule has 1 aromatic carbocycles. The SMILES string of the molecule is [N-]=[N+]=NCCCC(C(=O)N=O)n1cc(O)c(-c2cc(Cl)ccc2N2C=C(Cl)NC2)cc1=O. The fourth-order valence-electron chi connectivity index (χ4n) is 3.36. The third-order valence-corrected chi connectivity index (χ3v) is 5.28. The highest BCUT2D eigenvalue weighted by Gasteiger charge is 2.25. The molecule has 3 rings (SSSR count). The molecule has 1 atom stereocenters. The topological polar surface area (TPSA) is 153 Å². The normalized spacial score (nSPS) is 13.7. The Morgan fingerprint density at radius 1 is 1.31 bits per heavy atom.